The topological polar surface area (TPSA) is 22.0 Å². The minimum absolute atomic E-state index is 0.140. The lowest BCUT2D eigenvalue weighted by Crippen LogP contribution is -1.99. The van der Waals surface area contributed by atoms with Crippen molar-refractivity contribution >= 4 is 28.3 Å². The number of nitrogens with zero attached hydrogens (tertiary/aromatic N) is 1. The molecule has 3 heteroatoms. The van der Waals surface area contributed by atoms with Crippen LogP contribution >= 0.6 is 11.6 Å². The second-order valence-electron chi connectivity index (χ2n) is 6.61. The largest absolute Gasteiger partial charge is 0.342 e. The molecule has 134 valence electrons. The lowest BCUT2D eigenvalue weighted by molar-refractivity contribution is 0.0989. The maximum Gasteiger partial charge on any atom is 0.163 e. The molecular formula is C24H20ClNO. The van der Waals surface area contributed by atoms with Crippen molar-refractivity contribution in [2.24, 2.45) is 0 Å². The van der Waals surface area contributed by atoms with E-state index in [1.807, 2.05) is 61.5 Å². The van der Waals surface area contributed by atoms with Gasteiger partial charge in [0.05, 0.1) is 10.5 Å². The molecule has 0 aliphatic carbocycles. The Kier molecular flexibility index (Phi) is 4.83. The Morgan fingerprint density at radius 1 is 0.889 bits per heavy atom. The normalized spacial score (nSPS) is 11.0. The summed E-state index contributed by atoms with van der Waals surface area (Å²) in [5.41, 5.74) is 4.98. The van der Waals surface area contributed by atoms with Gasteiger partial charge in [0.1, 0.15) is 0 Å². The van der Waals surface area contributed by atoms with Crippen molar-refractivity contribution in [3.05, 3.63) is 95.1 Å². The van der Waals surface area contributed by atoms with Crippen LogP contribution in [0.3, 0.4) is 0 Å². The molecule has 0 aliphatic rings. The van der Waals surface area contributed by atoms with Crippen LogP contribution < -0.4 is 0 Å². The summed E-state index contributed by atoms with van der Waals surface area (Å²) in [6.07, 6.45) is 2.60. The van der Waals surface area contributed by atoms with Crippen LogP contribution in [0.2, 0.25) is 5.02 Å². The molecule has 0 fully saturated rings. The zero-order valence-corrected chi connectivity index (χ0v) is 15.9. The average molecular weight is 374 g/mol. The van der Waals surface area contributed by atoms with E-state index in [0.29, 0.717) is 11.4 Å². The van der Waals surface area contributed by atoms with Gasteiger partial charge in [-0.25, -0.2) is 0 Å². The molecule has 1 heterocycles. The van der Waals surface area contributed by atoms with E-state index >= 15 is 0 Å². The minimum Gasteiger partial charge on any atom is -0.342 e. The molecule has 0 atom stereocenters. The number of halogens is 1. The fraction of sp³-hybridized carbons (Fsp3) is 0.125. The summed E-state index contributed by atoms with van der Waals surface area (Å²) in [4.78, 5) is 12.5. The molecule has 0 unspecified atom stereocenters. The number of benzene rings is 3. The maximum atomic E-state index is 12.5. The molecule has 0 saturated carbocycles. The third-order valence-electron chi connectivity index (χ3n) is 4.89. The number of carbonyl (C=O) groups is 1. The summed E-state index contributed by atoms with van der Waals surface area (Å²) >= 11 is 6.60. The van der Waals surface area contributed by atoms with Crippen LogP contribution in [0.15, 0.2) is 79.0 Å². The van der Waals surface area contributed by atoms with Gasteiger partial charge in [0.25, 0.3) is 0 Å². The Hall–Kier alpha value is -2.84. The first kappa shape index (κ1) is 17.6. The second-order valence-corrected chi connectivity index (χ2v) is 7.02. The van der Waals surface area contributed by atoms with Gasteiger partial charge in [0.15, 0.2) is 5.78 Å². The van der Waals surface area contributed by atoms with Gasteiger partial charge >= 0.3 is 0 Å². The van der Waals surface area contributed by atoms with E-state index in [2.05, 4.69) is 29.0 Å². The number of aromatic nitrogens is 1. The summed E-state index contributed by atoms with van der Waals surface area (Å²) in [5, 5.41) is 1.69. The van der Waals surface area contributed by atoms with Crippen LogP contribution in [-0.2, 0) is 6.54 Å². The first-order chi connectivity index (χ1) is 13.2. The number of fused-ring (bicyclic) bond motifs is 1. The zero-order valence-electron chi connectivity index (χ0n) is 15.2. The summed E-state index contributed by atoms with van der Waals surface area (Å²) in [7, 11) is 0. The molecular weight excluding hydrogens is 354 g/mol. The summed E-state index contributed by atoms with van der Waals surface area (Å²) in [6, 6.07) is 24.1. The van der Waals surface area contributed by atoms with Crippen molar-refractivity contribution < 1.29 is 4.79 Å². The number of Topliss-reactive ketones (excluding diaryl/α,β-unsaturated/α-hetero) is 1. The molecule has 1 aromatic heterocycles. The van der Waals surface area contributed by atoms with Crippen LogP contribution in [0.5, 0.6) is 0 Å². The standard InChI is InChI=1S/C24H20ClNO/c1-2-23(27)19-12-7-6-11-18(19)20-16-26(15-17-9-4-3-5-10-17)22-14-8-13-21(25)24(20)22/h3-14,16H,2,15H2,1H3. The minimum atomic E-state index is 0.140. The van der Waals surface area contributed by atoms with Gasteiger partial charge in [-0.15, -0.1) is 0 Å². The van der Waals surface area contributed by atoms with E-state index in [1.165, 1.54) is 5.56 Å². The van der Waals surface area contributed by atoms with Crippen molar-refractivity contribution in [1.82, 2.24) is 4.57 Å². The van der Waals surface area contributed by atoms with Crippen molar-refractivity contribution in [3.63, 3.8) is 0 Å². The van der Waals surface area contributed by atoms with Crippen LogP contribution in [0, 0.1) is 0 Å². The quantitative estimate of drug-likeness (QED) is 0.361. The predicted octanol–water partition coefficient (Wildman–Crippen LogP) is 6.60. The second kappa shape index (κ2) is 7.42. The molecule has 2 nitrogen and oxygen atoms in total. The van der Waals surface area contributed by atoms with Crippen molar-refractivity contribution in [1.29, 1.82) is 0 Å². The van der Waals surface area contributed by atoms with Gasteiger partial charge in [0.2, 0.25) is 0 Å². The SMILES string of the molecule is CCC(=O)c1ccccc1-c1cn(Cc2ccccc2)c2cccc(Cl)c12. The molecule has 0 saturated heterocycles. The molecule has 0 spiro atoms. The Morgan fingerprint density at radius 2 is 1.63 bits per heavy atom. The van der Waals surface area contributed by atoms with Gasteiger partial charge in [-0.1, -0.05) is 79.2 Å². The highest BCUT2D eigenvalue weighted by atomic mass is 35.5. The Bertz CT molecular complexity index is 1110. The van der Waals surface area contributed by atoms with E-state index in [9.17, 15) is 4.79 Å². The smallest absolute Gasteiger partial charge is 0.163 e. The van der Waals surface area contributed by atoms with Gasteiger partial charge in [-0.2, -0.15) is 0 Å². The predicted molar refractivity (Wildman–Crippen MR) is 113 cm³/mol. The average Bonchev–Trinajstić information content (AvgIpc) is 3.08. The molecule has 0 aliphatic heterocycles. The van der Waals surface area contributed by atoms with E-state index in [1.54, 1.807) is 0 Å². The molecule has 0 radical (unpaired) electrons. The van der Waals surface area contributed by atoms with Gasteiger partial charge < -0.3 is 4.57 Å². The summed E-state index contributed by atoms with van der Waals surface area (Å²) in [6.45, 7) is 2.65. The third kappa shape index (κ3) is 3.29. The lowest BCUT2D eigenvalue weighted by atomic mass is 9.96. The van der Waals surface area contributed by atoms with Crippen LogP contribution in [0.1, 0.15) is 29.3 Å². The maximum absolute atomic E-state index is 12.5. The van der Waals surface area contributed by atoms with Gasteiger partial charge in [-0.05, 0) is 23.3 Å². The van der Waals surface area contributed by atoms with Gasteiger partial charge in [-0.3, -0.25) is 4.79 Å². The van der Waals surface area contributed by atoms with E-state index in [0.717, 1.165) is 34.1 Å². The molecule has 0 bridgehead atoms. The lowest BCUT2D eigenvalue weighted by Gasteiger charge is -2.07. The Labute approximate surface area is 164 Å². The van der Waals surface area contributed by atoms with Gasteiger partial charge in [0, 0.05) is 35.7 Å². The van der Waals surface area contributed by atoms with Crippen LogP contribution in [0.4, 0.5) is 0 Å². The Morgan fingerprint density at radius 3 is 2.41 bits per heavy atom. The van der Waals surface area contributed by atoms with Crippen molar-refractivity contribution in [2.75, 3.05) is 0 Å². The number of rotatable bonds is 5. The number of carbonyl (C=O) groups excluding carboxylic acids is 1. The molecule has 0 amide bonds. The van der Waals surface area contributed by atoms with E-state index in [4.69, 9.17) is 11.6 Å². The number of ketones is 1. The number of hydrogen-bond donors (Lipinski definition) is 0. The molecule has 4 aromatic rings. The highest BCUT2D eigenvalue weighted by Crippen LogP contribution is 2.37. The van der Waals surface area contributed by atoms with Crippen LogP contribution in [-0.4, -0.2) is 10.4 Å². The summed E-state index contributed by atoms with van der Waals surface area (Å²) in [5.74, 6) is 0.140. The van der Waals surface area contributed by atoms with E-state index < -0.39 is 0 Å². The molecule has 0 N–H and O–H groups in total. The van der Waals surface area contributed by atoms with Crippen molar-refractivity contribution in [2.45, 2.75) is 19.9 Å². The van der Waals surface area contributed by atoms with E-state index in [-0.39, 0.29) is 5.78 Å². The summed E-state index contributed by atoms with van der Waals surface area (Å²) < 4.78 is 2.21. The molecule has 3 aromatic carbocycles. The number of hydrogen-bond acceptors (Lipinski definition) is 1. The molecule has 4 rings (SSSR count). The zero-order chi connectivity index (χ0) is 18.8. The highest BCUT2D eigenvalue weighted by molar-refractivity contribution is 6.36. The highest BCUT2D eigenvalue weighted by Gasteiger charge is 2.18. The van der Waals surface area contributed by atoms with Crippen molar-refractivity contribution in [3.8, 4) is 11.1 Å². The first-order valence-electron chi connectivity index (χ1n) is 9.13. The fourth-order valence-electron chi connectivity index (χ4n) is 3.58. The van der Waals surface area contributed by atoms with Crippen LogP contribution in [0.25, 0.3) is 22.0 Å². The third-order valence-corrected chi connectivity index (χ3v) is 5.20. The molecule has 27 heavy (non-hydrogen) atoms. The fourth-order valence-corrected chi connectivity index (χ4v) is 3.85. The monoisotopic (exact) mass is 373 g/mol. The first-order valence-corrected chi connectivity index (χ1v) is 9.50. The Balaban J connectivity index is 1.94.